The van der Waals surface area contributed by atoms with Crippen molar-refractivity contribution >= 4 is 64.0 Å². The normalized spacial score (nSPS) is 18.2. The SMILES string of the molecule is CC(O)C1(c2ccccc2S)N=NN=N1.[KH]. The summed E-state index contributed by atoms with van der Waals surface area (Å²) in [5, 5.41) is 24.5. The van der Waals surface area contributed by atoms with Crippen LogP contribution >= 0.6 is 12.6 Å². The summed E-state index contributed by atoms with van der Waals surface area (Å²) in [7, 11) is 0. The number of benzene rings is 1. The van der Waals surface area contributed by atoms with Crippen molar-refractivity contribution in [2.75, 3.05) is 0 Å². The Kier molecular flexibility index (Phi) is 5.24. The molecule has 1 aromatic rings. The van der Waals surface area contributed by atoms with E-state index in [9.17, 15) is 5.11 Å². The van der Waals surface area contributed by atoms with E-state index in [1.807, 2.05) is 18.2 Å². The molecule has 5 nitrogen and oxygen atoms in total. The molecule has 1 aromatic carbocycles. The molecular formula is C9H11KN4OS. The van der Waals surface area contributed by atoms with Crippen LogP contribution in [0.2, 0.25) is 0 Å². The van der Waals surface area contributed by atoms with Crippen molar-refractivity contribution < 1.29 is 5.11 Å². The summed E-state index contributed by atoms with van der Waals surface area (Å²) in [6.45, 7) is 1.60. The van der Waals surface area contributed by atoms with Crippen molar-refractivity contribution in [2.24, 2.45) is 20.7 Å². The minimum atomic E-state index is -1.13. The minimum absolute atomic E-state index is 0. The van der Waals surface area contributed by atoms with Crippen LogP contribution in [0.3, 0.4) is 0 Å². The Morgan fingerprint density at radius 3 is 2.31 bits per heavy atom. The maximum atomic E-state index is 9.74. The first kappa shape index (κ1) is 14.4. The van der Waals surface area contributed by atoms with Gasteiger partial charge in [-0.1, -0.05) is 18.2 Å². The van der Waals surface area contributed by atoms with Gasteiger partial charge in [-0.3, -0.25) is 0 Å². The van der Waals surface area contributed by atoms with Crippen molar-refractivity contribution in [1.82, 2.24) is 0 Å². The topological polar surface area (TPSA) is 69.7 Å². The summed E-state index contributed by atoms with van der Waals surface area (Å²) in [5.74, 6) is 0. The molecule has 1 N–H and O–H groups in total. The Morgan fingerprint density at radius 2 is 1.81 bits per heavy atom. The van der Waals surface area contributed by atoms with Gasteiger partial charge in [0.2, 0.25) is 5.66 Å². The number of aliphatic hydroxyl groups is 1. The Labute approximate surface area is 141 Å². The number of aliphatic hydroxyl groups excluding tert-OH is 1. The van der Waals surface area contributed by atoms with Crippen LogP contribution in [0.5, 0.6) is 0 Å². The zero-order valence-electron chi connectivity index (χ0n) is 8.07. The zero-order valence-corrected chi connectivity index (χ0v) is 8.96. The fraction of sp³-hybridized carbons (Fsp3) is 0.333. The van der Waals surface area contributed by atoms with Crippen LogP contribution in [0.25, 0.3) is 0 Å². The summed E-state index contributed by atoms with van der Waals surface area (Å²) in [6, 6.07) is 7.30. The van der Waals surface area contributed by atoms with E-state index in [1.165, 1.54) is 0 Å². The summed E-state index contributed by atoms with van der Waals surface area (Å²) in [5.41, 5.74) is -0.424. The second-order valence-electron chi connectivity index (χ2n) is 3.30. The first-order valence-electron chi connectivity index (χ1n) is 4.47. The van der Waals surface area contributed by atoms with E-state index >= 15 is 0 Å². The van der Waals surface area contributed by atoms with Gasteiger partial charge in [0.25, 0.3) is 0 Å². The fourth-order valence-electron chi connectivity index (χ4n) is 1.48. The summed E-state index contributed by atoms with van der Waals surface area (Å²) >= 11 is 4.31. The van der Waals surface area contributed by atoms with E-state index in [4.69, 9.17) is 0 Å². The predicted octanol–water partition coefficient (Wildman–Crippen LogP) is 1.69. The van der Waals surface area contributed by atoms with Crippen molar-refractivity contribution in [3.05, 3.63) is 29.8 Å². The van der Waals surface area contributed by atoms with Gasteiger partial charge >= 0.3 is 51.4 Å². The molecule has 0 spiro atoms. The molecule has 0 amide bonds. The van der Waals surface area contributed by atoms with Gasteiger partial charge in [-0.15, -0.1) is 22.9 Å². The Bertz CT molecular complexity index is 423. The third-order valence-corrected chi connectivity index (χ3v) is 2.71. The van der Waals surface area contributed by atoms with Crippen molar-refractivity contribution in [1.29, 1.82) is 0 Å². The van der Waals surface area contributed by atoms with E-state index in [0.717, 1.165) is 0 Å². The predicted molar refractivity (Wildman–Crippen MR) is 63.9 cm³/mol. The number of hydrogen-bond donors (Lipinski definition) is 2. The number of rotatable bonds is 2. The van der Waals surface area contributed by atoms with E-state index < -0.39 is 11.8 Å². The van der Waals surface area contributed by atoms with Crippen LogP contribution in [0, 0.1) is 0 Å². The summed E-state index contributed by atoms with van der Waals surface area (Å²) in [6.07, 6.45) is -0.805. The number of thiol groups is 1. The molecule has 0 radical (unpaired) electrons. The van der Waals surface area contributed by atoms with Crippen molar-refractivity contribution in [2.45, 2.75) is 23.6 Å². The molecule has 1 heterocycles. The second kappa shape index (κ2) is 5.81. The molecule has 1 aliphatic heterocycles. The number of nitrogens with zero attached hydrogens (tertiary/aromatic N) is 4. The average Bonchev–Trinajstić information content (AvgIpc) is 2.68. The van der Waals surface area contributed by atoms with Gasteiger partial charge in [-0.2, -0.15) is 0 Å². The molecule has 80 valence electrons. The molecule has 0 fully saturated rings. The van der Waals surface area contributed by atoms with Crippen LogP contribution in [0.4, 0.5) is 0 Å². The first-order chi connectivity index (χ1) is 7.17. The van der Waals surface area contributed by atoms with Gasteiger partial charge in [-0.25, -0.2) is 0 Å². The van der Waals surface area contributed by atoms with Crippen LogP contribution in [-0.2, 0) is 5.66 Å². The third-order valence-electron chi connectivity index (χ3n) is 2.32. The Hall–Kier alpha value is 0.366. The summed E-state index contributed by atoms with van der Waals surface area (Å²) < 4.78 is 0. The fourth-order valence-corrected chi connectivity index (χ4v) is 1.81. The first-order valence-corrected chi connectivity index (χ1v) is 4.92. The average molecular weight is 262 g/mol. The van der Waals surface area contributed by atoms with Gasteiger partial charge in [0.05, 0.1) is 0 Å². The molecule has 2 rings (SSSR count). The molecule has 0 aliphatic carbocycles. The quantitative estimate of drug-likeness (QED) is 0.618. The molecule has 16 heavy (non-hydrogen) atoms. The Morgan fingerprint density at radius 1 is 1.25 bits per heavy atom. The van der Waals surface area contributed by atoms with Crippen molar-refractivity contribution in [3.8, 4) is 0 Å². The standard InChI is InChI=1S/C9H10N4OS.K.H/c1-6(14)9(10-12-13-11-9)7-4-2-3-5-8(7)15;;/h2-6,14-15H,1H3;;. The van der Waals surface area contributed by atoms with Gasteiger partial charge in [0.1, 0.15) is 6.10 Å². The van der Waals surface area contributed by atoms with Crippen molar-refractivity contribution in [3.63, 3.8) is 0 Å². The van der Waals surface area contributed by atoms with E-state index in [0.29, 0.717) is 10.5 Å². The monoisotopic (exact) mass is 262 g/mol. The summed E-state index contributed by atoms with van der Waals surface area (Å²) in [4.78, 5) is 0.707. The molecule has 1 aliphatic rings. The van der Waals surface area contributed by atoms with Crippen LogP contribution in [0.15, 0.2) is 49.8 Å². The van der Waals surface area contributed by atoms with E-state index in [-0.39, 0.29) is 51.4 Å². The van der Waals surface area contributed by atoms with Crippen LogP contribution in [0.1, 0.15) is 12.5 Å². The van der Waals surface area contributed by atoms with E-state index in [2.05, 4.69) is 33.3 Å². The second-order valence-corrected chi connectivity index (χ2v) is 3.78. The van der Waals surface area contributed by atoms with Gasteiger partial charge in [-0.05, 0) is 23.4 Å². The number of hydrogen-bond acceptors (Lipinski definition) is 6. The van der Waals surface area contributed by atoms with Crippen LogP contribution < -0.4 is 0 Å². The molecule has 0 aromatic heterocycles. The molecule has 1 atom stereocenters. The van der Waals surface area contributed by atoms with Gasteiger partial charge < -0.3 is 5.11 Å². The zero-order chi connectivity index (χ0) is 10.9. The molecule has 0 saturated carbocycles. The molecular weight excluding hydrogens is 251 g/mol. The third kappa shape index (κ3) is 2.45. The molecule has 7 heteroatoms. The van der Waals surface area contributed by atoms with Gasteiger partial charge in [0, 0.05) is 10.5 Å². The van der Waals surface area contributed by atoms with E-state index in [1.54, 1.807) is 13.0 Å². The Balaban J connectivity index is 0.00000128. The van der Waals surface area contributed by atoms with Crippen LogP contribution in [-0.4, -0.2) is 62.6 Å². The maximum absolute atomic E-state index is 9.74. The van der Waals surface area contributed by atoms with Gasteiger partial charge in [0.15, 0.2) is 0 Å². The molecule has 1 unspecified atom stereocenters. The molecule has 0 bridgehead atoms. The molecule has 0 saturated heterocycles.